The Hall–Kier alpha value is -2.64. The predicted octanol–water partition coefficient (Wildman–Crippen LogP) is 0.709. The molecule has 8 heteroatoms. The van der Waals surface area contributed by atoms with Gasteiger partial charge in [0, 0.05) is 44.3 Å². The number of benzene rings is 1. The third-order valence-corrected chi connectivity index (χ3v) is 4.75. The molecule has 2 heterocycles. The number of carbonyl (C=O) groups is 3. The second-order valence-corrected chi connectivity index (χ2v) is 6.41. The van der Waals surface area contributed by atoms with Gasteiger partial charge in [-0.25, -0.2) is 9.18 Å². The van der Waals surface area contributed by atoms with E-state index >= 15 is 0 Å². The number of rotatable bonds is 3. The Kier molecular flexibility index (Phi) is 4.87. The molecule has 7 nitrogen and oxygen atoms in total. The van der Waals surface area contributed by atoms with Gasteiger partial charge in [0.1, 0.15) is 5.82 Å². The maximum absolute atomic E-state index is 13.0. The zero-order valence-corrected chi connectivity index (χ0v) is 14.0. The molecule has 25 heavy (non-hydrogen) atoms. The summed E-state index contributed by atoms with van der Waals surface area (Å²) in [4.78, 5) is 39.5. The molecule has 0 aromatic heterocycles. The average Bonchev–Trinajstić information content (AvgIpc) is 2.59. The van der Waals surface area contributed by atoms with E-state index in [0.29, 0.717) is 26.2 Å². The van der Waals surface area contributed by atoms with Crippen LogP contribution in [0, 0.1) is 11.7 Å². The number of imide groups is 1. The fraction of sp³-hybridized carbons (Fsp3) is 0.471. The van der Waals surface area contributed by atoms with Gasteiger partial charge in [-0.1, -0.05) is 0 Å². The molecule has 0 spiro atoms. The van der Waals surface area contributed by atoms with Gasteiger partial charge in [-0.15, -0.1) is 0 Å². The summed E-state index contributed by atoms with van der Waals surface area (Å²) < 4.78 is 13.0. The first-order valence-corrected chi connectivity index (χ1v) is 8.33. The van der Waals surface area contributed by atoms with Gasteiger partial charge in [0.2, 0.25) is 11.8 Å². The Morgan fingerprint density at radius 1 is 1.16 bits per heavy atom. The van der Waals surface area contributed by atoms with Crippen molar-refractivity contribution in [3.8, 4) is 0 Å². The first-order chi connectivity index (χ1) is 11.9. The second-order valence-electron chi connectivity index (χ2n) is 6.41. The molecule has 3 rings (SSSR count). The number of anilines is 1. The number of amides is 4. The van der Waals surface area contributed by atoms with Gasteiger partial charge in [-0.2, -0.15) is 0 Å². The van der Waals surface area contributed by atoms with Crippen LogP contribution in [0.15, 0.2) is 24.3 Å². The van der Waals surface area contributed by atoms with Crippen LogP contribution in [-0.2, 0) is 9.59 Å². The third-order valence-electron chi connectivity index (χ3n) is 4.75. The van der Waals surface area contributed by atoms with E-state index in [0.717, 1.165) is 5.69 Å². The summed E-state index contributed by atoms with van der Waals surface area (Å²) >= 11 is 0. The minimum absolute atomic E-state index is 0.0732. The molecule has 2 saturated heterocycles. The molecule has 2 aliphatic heterocycles. The fourth-order valence-electron chi connectivity index (χ4n) is 3.23. The molecule has 4 amide bonds. The zero-order valence-electron chi connectivity index (χ0n) is 14.0. The van der Waals surface area contributed by atoms with Crippen molar-refractivity contribution in [1.82, 2.24) is 15.5 Å². The third kappa shape index (κ3) is 3.89. The van der Waals surface area contributed by atoms with E-state index in [9.17, 15) is 18.8 Å². The quantitative estimate of drug-likeness (QED) is 0.843. The van der Waals surface area contributed by atoms with Crippen molar-refractivity contribution < 1.29 is 18.8 Å². The molecule has 2 N–H and O–H groups in total. The van der Waals surface area contributed by atoms with Crippen LogP contribution in [0.1, 0.15) is 13.3 Å². The summed E-state index contributed by atoms with van der Waals surface area (Å²) in [5.74, 6) is -1.33. The first kappa shape index (κ1) is 17.2. The topological polar surface area (TPSA) is 81.8 Å². The van der Waals surface area contributed by atoms with Crippen molar-refractivity contribution in [2.24, 2.45) is 5.92 Å². The number of urea groups is 1. The van der Waals surface area contributed by atoms with Crippen LogP contribution >= 0.6 is 0 Å². The Morgan fingerprint density at radius 2 is 1.80 bits per heavy atom. The summed E-state index contributed by atoms with van der Waals surface area (Å²) in [5.41, 5.74) is 0.927. The van der Waals surface area contributed by atoms with Crippen molar-refractivity contribution >= 4 is 23.5 Å². The minimum atomic E-state index is -0.555. The van der Waals surface area contributed by atoms with Gasteiger partial charge >= 0.3 is 6.03 Å². The molecule has 134 valence electrons. The van der Waals surface area contributed by atoms with E-state index in [1.165, 1.54) is 12.1 Å². The van der Waals surface area contributed by atoms with Crippen molar-refractivity contribution in [3.63, 3.8) is 0 Å². The van der Waals surface area contributed by atoms with Crippen LogP contribution in [0.25, 0.3) is 0 Å². The highest BCUT2D eigenvalue weighted by Crippen LogP contribution is 2.19. The van der Waals surface area contributed by atoms with Crippen molar-refractivity contribution in [2.45, 2.75) is 19.4 Å². The maximum Gasteiger partial charge on any atom is 0.321 e. The van der Waals surface area contributed by atoms with E-state index in [4.69, 9.17) is 0 Å². The number of nitrogens with zero attached hydrogens (tertiary/aromatic N) is 2. The van der Waals surface area contributed by atoms with E-state index < -0.39 is 17.9 Å². The molecule has 2 aliphatic rings. The first-order valence-electron chi connectivity index (χ1n) is 8.33. The summed E-state index contributed by atoms with van der Waals surface area (Å²) in [6.07, 6.45) is 0.0732. The summed E-state index contributed by atoms with van der Waals surface area (Å²) in [6.45, 7) is 4.12. The van der Waals surface area contributed by atoms with Gasteiger partial charge < -0.3 is 15.1 Å². The average molecular weight is 348 g/mol. The lowest BCUT2D eigenvalue weighted by Gasteiger charge is -2.37. The number of nitrogens with one attached hydrogen (secondary N) is 2. The van der Waals surface area contributed by atoms with Crippen LogP contribution < -0.4 is 15.5 Å². The Balaban J connectivity index is 1.54. The molecule has 2 fully saturated rings. The van der Waals surface area contributed by atoms with Crippen molar-refractivity contribution in [1.29, 1.82) is 0 Å². The molecule has 0 radical (unpaired) electrons. The minimum Gasteiger partial charge on any atom is -0.368 e. The summed E-state index contributed by atoms with van der Waals surface area (Å²) in [7, 11) is 0. The van der Waals surface area contributed by atoms with Crippen LogP contribution in [0.4, 0.5) is 14.9 Å². The lowest BCUT2D eigenvalue weighted by molar-refractivity contribution is -0.137. The largest absolute Gasteiger partial charge is 0.368 e. The van der Waals surface area contributed by atoms with Crippen molar-refractivity contribution in [2.75, 3.05) is 31.1 Å². The van der Waals surface area contributed by atoms with Gasteiger partial charge in [-0.3, -0.25) is 14.9 Å². The Labute approximate surface area is 145 Å². The molecule has 0 aliphatic carbocycles. The molecule has 1 aromatic rings. The van der Waals surface area contributed by atoms with Gasteiger partial charge in [0.15, 0.2) is 0 Å². The summed E-state index contributed by atoms with van der Waals surface area (Å²) in [6, 6.07) is 5.40. The monoisotopic (exact) mass is 348 g/mol. The number of hydrogen-bond acceptors (Lipinski definition) is 4. The van der Waals surface area contributed by atoms with Crippen LogP contribution in [0.2, 0.25) is 0 Å². The highest BCUT2D eigenvalue weighted by atomic mass is 19.1. The van der Waals surface area contributed by atoms with Crippen LogP contribution in [0.5, 0.6) is 0 Å². The lowest BCUT2D eigenvalue weighted by Crippen LogP contribution is -2.58. The van der Waals surface area contributed by atoms with E-state index in [1.54, 1.807) is 24.0 Å². The SMILES string of the molecule is CC1NC(=O)NC(=O)C1CC(=O)N1CCN(c2ccc(F)cc2)CC1. The maximum atomic E-state index is 13.0. The van der Waals surface area contributed by atoms with Crippen LogP contribution in [-0.4, -0.2) is 55.0 Å². The zero-order chi connectivity index (χ0) is 18.0. The second kappa shape index (κ2) is 7.08. The number of piperazine rings is 1. The smallest absolute Gasteiger partial charge is 0.321 e. The van der Waals surface area contributed by atoms with Crippen molar-refractivity contribution in [3.05, 3.63) is 30.1 Å². The standard InChI is InChI=1S/C17H21FN4O3/c1-11-14(16(24)20-17(25)19-11)10-15(23)22-8-6-21(7-9-22)13-4-2-12(18)3-5-13/h2-5,11,14H,6-10H2,1H3,(H2,19,20,24,25). The number of hydrogen-bond donors (Lipinski definition) is 2. The summed E-state index contributed by atoms with van der Waals surface area (Å²) in [5, 5.41) is 4.82. The molecule has 2 atom stereocenters. The highest BCUT2D eigenvalue weighted by molar-refractivity contribution is 6.00. The predicted molar refractivity (Wildman–Crippen MR) is 89.4 cm³/mol. The highest BCUT2D eigenvalue weighted by Gasteiger charge is 2.35. The molecule has 2 unspecified atom stereocenters. The van der Waals surface area contributed by atoms with Crippen LogP contribution in [0.3, 0.4) is 0 Å². The number of carbonyl (C=O) groups excluding carboxylic acids is 3. The fourth-order valence-corrected chi connectivity index (χ4v) is 3.23. The molecule has 0 bridgehead atoms. The van der Waals surface area contributed by atoms with E-state index in [1.807, 2.05) is 0 Å². The molecule has 0 saturated carbocycles. The molecular weight excluding hydrogens is 327 g/mol. The molecular formula is C17H21FN4O3. The Morgan fingerprint density at radius 3 is 2.40 bits per heavy atom. The number of halogens is 1. The Bertz CT molecular complexity index is 671. The van der Waals surface area contributed by atoms with E-state index in [-0.39, 0.29) is 24.2 Å². The van der Waals surface area contributed by atoms with E-state index in [2.05, 4.69) is 15.5 Å². The van der Waals surface area contributed by atoms with Gasteiger partial charge in [0.25, 0.3) is 0 Å². The normalized spacial score (nSPS) is 23.9. The van der Waals surface area contributed by atoms with Gasteiger partial charge in [0.05, 0.1) is 5.92 Å². The lowest BCUT2D eigenvalue weighted by atomic mass is 9.94. The van der Waals surface area contributed by atoms with Gasteiger partial charge in [-0.05, 0) is 31.2 Å². The molecule has 1 aromatic carbocycles.